The molecule has 0 unspecified atom stereocenters. The predicted octanol–water partition coefficient (Wildman–Crippen LogP) is 10.8. The molecule has 0 bridgehead atoms. The molecule has 1 saturated carbocycles. The van der Waals surface area contributed by atoms with E-state index in [0.29, 0.717) is 17.3 Å². The summed E-state index contributed by atoms with van der Waals surface area (Å²) >= 11 is 3.53. The number of nitrogens with zero attached hydrogens (tertiary/aromatic N) is 1. The molecular formula is C36H46FN3S. The van der Waals surface area contributed by atoms with Gasteiger partial charge in [0.1, 0.15) is 5.82 Å². The van der Waals surface area contributed by atoms with Crippen LogP contribution in [-0.4, -0.2) is 16.5 Å². The van der Waals surface area contributed by atoms with Gasteiger partial charge in [-0.25, -0.2) is 4.39 Å². The van der Waals surface area contributed by atoms with Gasteiger partial charge in [0.15, 0.2) is 0 Å². The Kier molecular flexibility index (Phi) is 11.8. The second-order valence-corrected chi connectivity index (χ2v) is 10.7. The Morgan fingerprint density at radius 1 is 0.976 bits per heavy atom. The van der Waals surface area contributed by atoms with Gasteiger partial charge in [0.25, 0.3) is 0 Å². The summed E-state index contributed by atoms with van der Waals surface area (Å²) in [6.45, 7) is 10.2. The summed E-state index contributed by atoms with van der Waals surface area (Å²) in [6.07, 6.45) is 11.0. The van der Waals surface area contributed by atoms with Crippen LogP contribution in [0.3, 0.4) is 0 Å². The predicted molar refractivity (Wildman–Crippen MR) is 182 cm³/mol. The van der Waals surface area contributed by atoms with Gasteiger partial charge in [-0.1, -0.05) is 69.9 Å². The molecule has 1 aliphatic rings. The molecule has 41 heavy (non-hydrogen) atoms. The molecule has 0 radical (unpaired) electrons. The molecule has 1 heterocycles. The number of nitrogens with two attached hydrogens (primary N) is 1. The number of nitrogens with one attached hydrogen (secondary N) is 1. The van der Waals surface area contributed by atoms with Crippen molar-refractivity contribution in [3.05, 3.63) is 89.4 Å². The first-order valence-corrected chi connectivity index (χ1v) is 15.7. The third kappa shape index (κ3) is 7.13. The number of hydrogen-bond donors (Lipinski definition) is 3. The zero-order valence-electron chi connectivity index (χ0n) is 25.5. The monoisotopic (exact) mass is 571 g/mol. The SMILES string of the molecule is C/C=C(\C)c1ccc(-c2c(C3CCCCC3)n(-c3ccc(F)cc3)c3cc(C(C)=N)c(N)cc23)cc1.CCC.CS. The van der Waals surface area contributed by atoms with Gasteiger partial charge < -0.3 is 15.7 Å². The molecule has 5 rings (SSSR count). The van der Waals surface area contributed by atoms with Crippen molar-refractivity contribution in [3.63, 3.8) is 0 Å². The topological polar surface area (TPSA) is 54.8 Å². The van der Waals surface area contributed by atoms with Crippen LogP contribution in [-0.2, 0) is 0 Å². The Morgan fingerprint density at radius 3 is 2.10 bits per heavy atom. The van der Waals surface area contributed by atoms with Crippen LogP contribution in [0.15, 0.2) is 66.7 Å². The first kappa shape index (κ1) is 32.2. The average molecular weight is 572 g/mol. The van der Waals surface area contributed by atoms with Gasteiger partial charge in [-0.3, -0.25) is 0 Å². The van der Waals surface area contributed by atoms with Crippen molar-refractivity contribution in [2.75, 3.05) is 12.0 Å². The first-order valence-electron chi connectivity index (χ1n) is 14.8. The van der Waals surface area contributed by atoms with Crippen LogP contribution in [0.25, 0.3) is 33.3 Å². The van der Waals surface area contributed by atoms with Crippen molar-refractivity contribution in [1.29, 1.82) is 5.41 Å². The molecule has 0 saturated heterocycles. The van der Waals surface area contributed by atoms with Crippen molar-refractivity contribution in [2.45, 2.75) is 79.1 Å². The maximum atomic E-state index is 13.9. The number of anilines is 1. The summed E-state index contributed by atoms with van der Waals surface area (Å²) in [7, 11) is 0. The zero-order chi connectivity index (χ0) is 30.1. The molecule has 0 aliphatic heterocycles. The molecule has 1 aromatic heterocycles. The fourth-order valence-electron chi connectivity index (χ4n) is 5.70. The Hall–Kier alpha value is -3.31. The van der Waals surface area contributed by atoms with Gasteiger partial charge in [0, 0.05) is 45.2 Å². The minimum absolute atomic E-state index is 0.246. The van der Waals surface area contributed by atoms with Crippen LogP contribution in [0.2, 0.25) is 0 Å². The number of allylic oxidation sites excluding steroid dienone is 2. The lowest BCUT2D eigenvalue weighted by Gasteiger charge is -2.25. The quantitative estimate of drug-likeness (QED) is 0.125. The van der Waals surface area contributed by atoms with Crippen LogP contribution in [0.1, 0.15) is 95.9 Å². The largest absolute Gasteiger partial charge is 0.398 e. The third-order valence-corrected chi connectivity index (χ3v) is 7.72. The van der Waals surface area contributed by atoms with E-state index in [2.05, 4.69) is 75.2 Å². The Balaban J connectivity index is 0.000000868. The minimum Gasteiger partial charge on any atom is -0.398 e. The number of halogens is 1. The van der Waals surface area contributed by atoms with Crippen molar-refractivity contribution in [2.24, 2.45) is 0 Å². The number of thiol groups is 1. The summed E-state index contributed by atoms with van der Waals surface area (Å²) in [5.41, 5.74) is 16.3. The number of aromatic nitrogens is 1. The number of nitrogen functional groups attached to an aromatic ring is 1. The van der Waals surface area contributed by atoms with E-state index in [9.17, 15) is 4.39 Å². The van der Waals surface area contributed by atoms with Crippen molar-refractivity contribution in [3.8, 4) is 16.8 Å². The van der Waals surface area contributed by atoms with Gasteiger partial charge in [0.05, 0.1) is 5.52 Å². The molecule has 0 atom stereocenters. The van der Waals surface area contributed by atoms with Crippen molar-refractivity contribution in [1.82, 2.24) is 4.57 Å². The summed E-state index contributed by atoms with van der Waals surface area (Å²) in [5, 5.41) is 9.39. The van der Waals surface area contributed by atoms with E-state index < -0.39 is 0 Å². The molecule has 218 valence electrons. The highest BCUT2D eigenvalue weighted by Crippen LogP contribution is 2.46. The van der Waals surface area contributed by atoms with E-state index in [1.807, 2.05) is 24.3 Å². The molecule has 0 amide bonds. The van der Waals surface area contributed by atoms with Gasteiger partial charge in [-0.05, 0) is 93.0 Å². The fourth-order valence-corrected chi connectivity index (χ4v) is 5.70. The molecule has 1 fully saturated rings. The van der Waals surface area contributed by atoms with Crippen LogP contribution in [0.4, 0.5) is 10.1 Å². The van der Waals surface area contributed by atoms with Gasteiger partial charge >= 0.3 is 0 Å². The molecule has 1 aliphatic carbocycles. The summed E-state index contributed by atoms with van der Waals surface area (Å²) < 4.78 is 16.2. The number of fused-ring (bicyclic) bond motifs is 1. The fraction of sp³-hybridized carbons (Fsp3) is 0.361. The zero-order valence-corrected chi connectivity index (χ0v) is 26.4. The summed E-state index contributed by atoms with van der Waals surface area (Å²) in [4.78, 5) is 0. The lowest BCUT2D eigenvalue weighted by Crippen LogP contribution is -2.11. The van der Waals surface area contributed by atoms with E-state index in [-0.39, 0.29) is 5.82 Å². The Bertz CT molecular complexity index is 1470. The van der Waals surface area contributed by atoms with E-state index in [1.54, 1.807) is 13.2 Å². The van der Waals surface area contributed by atoms with Crippen LogP contribution in [0.5, 0.6) is 0 Å². The second kappa shape index (κ2) is 15.1. The lowest BCUT2D eigenvalue weighted by molar-refractivity contribution is 0.434. The van der Waals surface area contributed by atoms with E-state index in [0.717, 1.165) is 40.6 Å². The molecular weight excluding hydrogens is 525 g/mol. The normalized spacial score (nSPS) is 13.7. The first-order chi connectivity index (χ1) is 19.8. The minimum atomic E-state index is -0.246. The van der Waals surface area contributed by atoms with E-state index in [1.165, 1.54) is 60.2 Å². The number of rotatable bonds is 5. The van der Waals surface area contributed by atoms with Crippen molar-refractivity contribution >= 4 is 40.5 Å². The van der Waals surface area contributed by atoms with Gasteiger partial charge in [-0.15, -0.1) is 0 Å². The molecule has 3 N–H and O–H groups in total. The van der Waals surface area contributed by atoms with Crippen molar-refractivity contribution < 1.29 is 4.39 Å². The number of hydrogen-bond acceptors (Lipinski definition) is 3. The van der Waals surface area contributed by atoms with Gasteiger partial charge in [-0.2, -0.15) is 12.6 Å². The molecule has 0 spiro atoms. The van der Waals surface area contributed by atoms with E-state index in [4.69, 9.17) is 11.1 Å². The maximum absolute atomic E-state index is 13.9. The van der Waals surface area contributed by atoms with Gasteiger partial charge in [0.2, 0.25) is 0 Å². The third-order valence-electron chi connectivity index (χ3n) is 7.72. The highest BCUT2D eigenvalue weighted by atomic mass is 32.1. The maximum Gasteiger partial charge on any atom is 0.123 e. The average Bonchev–Trinajstić information content (AvgIpc) is 3.32. The standard InChI is InChI=1S/C32H34FN3.C3H8.CH4S/c1-4-20(2)22-10-12-23(13-11-22)31-28-18-29(35)27(21(3)34)19-30(28)36(26-16-14-25(33)15-17-26)32(31)24-8-6-5-7-9-24;1-3-2;1-2/h4,10-19,24,34H,5-9,35H2,1-3H3;3H2,1-2H3;2H,1H3/b20-4+,34-21?;;. The molecule has 3 nitrogen and oxygen atoms in total. The van der Waals surface area contributed by atoms with Crippen LogP contribution in [0, 0.1) is 11.2 Å². The molecule has 3 aromatic carbocycles. The Morgan fingerprint density at radius 2 is 1.56 bits per heavy atom. The molecule has 4 aromatic rings. The smallest absolute Gasteiger partial charge is 0.123 e. The highest BCUT2D eigenvalue weighted by Gasteiger charge is 2.28. The highest BCUT2D eigenvalue weighted by molar-refractivity contribution is 7.79. The second-order valence-electron chi connectivity index (χ2n) is 10.7. The molecule has 5 heteroatoms. The van der Waals surface area contributed by atoms with Crippen LogP contribution >= 0.6 is 12.6 Å². The summed E-state index contributed by atoms with van der Waals surface area (Å²) in [5.74, 6) is 0.152. The summed E-state index contributed by atoms with van der Waals surface area (Å²) in [6, 6.07) is 19.7. The van der Waals surface area contributed by atoms with Crippen LogP contribution < -0.4 is 5.73 Å². The van der Waals surface area contributed by atoms with E-state index >= 15 is 0 Å². The lowest BCUT2D eigenvalue weighted by atomic mass is 9.83. The Labute approximate surface area is 251 Å². The number of benzene rings is 3.